The monoisotopic (exact) mass is 396 g/mol. The van der Waals surface area contributed by atoms with E-state index in [-0.39, 0.29) is 6.42 Å². The number of nitriles is 1. The average molecular weight is 396 g/mol. The van der Waals surface area contributed by atoms with Crippen LogP contribution in [0.1, 0.15) is 28.1 Å². The highest BCUT2D eigenvalue weighted by Crippen LogP contribution is 2.41. The van der Waals surface area contributed by atoms with E-state index in [9.17, 15) is 0 Å². The van der Waals surface area contributed by atoms with E-state index in [4.69, 9.17) is 36.6 Å². The van der Waals surface area contributed by atoms with Crippen molar-refractivity contribution in [2.45, 2.75) is 30.9 Å². The fraction of sp³-hybridized carbons (Fsp3) is 0.238. The van der Waals surface area contributed by atoms with E-state index in [0.29, 0.717) is 33.9 Å². The molecule has 1 N–H and O–H groups in total. The van der Waals surface area contributed by atoms with Crippen LogP contribution < -0.4 is 10.2 Å². The molecule has 3 aromatic heterocycles. The van der Waals surface area contributed by atoms with Gasteiger partial charge in [0.1, 0.15) is 11.9 Å². The number of hydrogen-bond donors (Lipinski definition) is 1. The van der Waals surface area contributed by atoms with Gasteiger partial charge >= 0.3 is 0 Å². The lowest BCUT2D eigenvalue weighted by molar-refractivity contribution is 0.561. The lowest BCUT2D eigenvalue weighted by atomic mass is 9.46. The molecule has 0 amide bonds. The lowest BCUT2D eigenvalue weighted by Crippen LogP contribution is -2.66. The Kier molecular flexibility index (Phi) is 5.09. The Balaban J connectivity index is 1.80. The summed E-state index contributed by atoms with van der Waals surface area (Å²) in [6.45, 7) is 3.70. The summed E-state index contributed by atoms with van der Waals surface area (Å²) >= 11 is 0. The normalized spacial score (nSPS) is 16.2. The molecule has 8 radical (unpaired) electrons. The average Bonchev–Trinajstić information content (AvgIpc) is 2.71. The van der Waals surface area contributed by atoms with Crippen LogP contribution in [0.15, 0.2) is 42.9 Å². The van der Waals surface area contributed by atoms with Gasteiger partial charge < -0.3 is 10.2 Å². The number of pyridine rings is 3. The largest absolute Gasteiger partial charge is 0.375 e. The lowest BCUT2D eigenvalue weighted by Gasteiger charge is -2.56. The molecule has 142 valence electrons. The van der Waals surface area contributed by atoms with Gasteiger partial charge in [0.2, 0.25) is 0 Å². The number of aromatic nitrogens is 3. The highest BCUT2D eigenvalue weighted by Gasteiger charge is 2.44. The topological polar surface area (TPSA) is 77.7 Å². The minimum Gasteiger partial charge on any atom is -0.375 e. The van der Waals surface area contributed by atoms with Gasteiger partial charge in [-0.05, 0) is 66.3 Å². The third-order valence-corrected chi connectivity index (χ3v) is 5.32. The van der Waals surface area contributed by atoms with Crippen molar-refractivity contribution in [2.75, 3.05) is 10.2 Å². The van der Waals surface area contributed by atoms with E-state index in [1.54, 1.807) is 25.4 Å². The third kappa shape index (κ3) is 3.69. The minimum atomic E-state index is -1.60. The van der Waals surface area contributed by atoms with Crippen molar-refractivity contribution in [1.29, 1.82) is 5.26 Å². The van der Waals surface area contributed by atoms with Gasteiger partial charge in [0.15, 0.2) is 0 Å². The first-order valence-corrected chi connectivity index (χ1v) is 9.64. The molecule has 0 aliphatic carbocycles. The quantitative estimate of drug-likeness (QED) is 0.679. The summed E-state index contributed by atoms with van der Waals surface area (Å²) in [5.74, 6) is 0.404. The van der Waals surface area contributed by atoms with E-state index in [2.05, 4.69) is 26.3 Å². The fourth-order valence-corrected chi connectivity index (χ4v) is 3.87. The van der Waals surface area contributed by atoms with Crippen molar-refractivity contribution in [3.63, 3.8) is 0 Å². The van der Waals surface area contributed by atoms with E-state index >= 15 is 0 Å². The van der Waals surface area contributed by atoms with Gasteiger partial charge in [0.05, 0.1) is 60.2 Å². The van der Waals surface area contributed by atoms with Crippen molar-refractivity contribution >= 4 is 48.6 Å². The molecule has 0 aromatic carbocycles. The van der Waals surface area contributed by atoms with E-state index in [0.717, 1.165) is 11.4 Å². The standard InChI is InChI=1S/C21H16B4N6/c1-12-6-14(9-26)10-29-19(12)31-20(22,23)8-18-16(21(31,24)25)7-15(11-28-18)30-17-4-3-5-27-13(17)2/h3-7,10-11,30H,8H2,1-2H3. The fourth-order valence-electron chi connectivity index (χ4n) is 3.87. The molecule has 0 saturated carbocycles. The predicted octanol–water partition coefficient (Wildman–Crippen LogP) is 1.60. The van der Waals surface area contributed by atoms with Gasteiger partial charge in [-0.2, -0.15) is 5.26 Å². The Hall–Kier alpha value is -3.20. The maximum Gasteiger partial charge on any atom is 0.130 e. The summed E-state index contributed by atoms with van der Waals surface area (Å²) < 4.78 is 0. The molecule has 6 nitrogen and oxygen atoms in total. The number of hydrogen-bond acceptors (Lipinski definition) is 6. The summed E-state index contributed by atoms with van der Waals surface area (Å²) in [5, 5.41) is 9.40. The third-order valence-electron chi connectivity index (χ3n) is 5.32. The number of anilines is 3. The zero-order chi connectivity index (χ0) is 22.4. The van der Waals surface area contributed by atoms with Crippen molar-refractivity contribution in [1.82, 2.24) is 15.0 Å². The van der Waals surface area contributed by atoms with Crippen molar-refractivity contribution in [3.05, 3.63) is 70.9 Å². The summed E-state index contributed by atoms with van der Waals surface area (Å²) in [5.41, 5.74) is 4.64. The Morgan fingerprint density at radius 3 is 2.55 bits per heavy atom. The van der Waals surface area contributed by atoms with Crippen LogP contribution in [-0.4, -0.2) is 51.7 Å². The van der Waals surface area contributed by atoms with Crippen LogP contribution in [0.2, 0.25) is 0 Å². The first kappa shape index (κ1) is 21.0. The molecule has 10 heteroatoms. The van der Waals surface area contributed by atoms with Gasteiger partial charge in [0.25, 0.3) is 0 Å². The van der Waals surface area contributed by atoms with Crippen LogP contribution in [-0.2, 0) is 11.8 Å². The van der Waals surface area contributed by atoms with E-state index in [1.165, 1.54) is 11.1 Å². The van der Waals surface area contributed by atoms with E-state index in [1.807, 2.05) is 25.1 Å². The van der Waals surface area contributed by atoms with Crippen LogP contribution in [0.4, 0.5) is 17.2 Å². The van der Waals surface area contributed by atoms with Gasteiger partial charge in [-0.3, -0.25) is 9.97 Å². The van der Waals surface area contributed by atoms with Crippen LogP contribution >= 0.6 is 0 Å². The number of nitrogens with one attached hydrogen (secondary N) is 1. The highest BCUT2D eigenvalue weighted by molar-refractivity contribution is 6.48. The molecule has 1 aliphatic rings. The summed E-state index contributed by atoms with van der Waals surface area (Å²) in [6, 6.07) is 9.34. The Labute approximate surface area is 187 Å². The number of rotatable bonds is 3. The van der Waals surface area contributed by atoms with Crippen molar-refractivity contribution in [3.8, 4) is 6.07 Å². The Morgan fingerprint density at radius 2 is 1.87 bits per heavy atom. The second-order valence-corrected chi connectivity index (χ2v) is 7.78. The van der Waals surface area contributed by atoms with Gasteiger partial charge in [-0.15, -0.1) is 0 Å². The maximum absolute atomic E-state index is 9.15. The molecule has 0 fully saturated rings. The molecule has 4 rings (SSSR count). The number of aryl methyl sites for hydroxylation is 2. The first-order valence-electron chi connectivity index (χ1n) is 9.64. The smallest absolute Gasteiger partial charge is 0.130 e. The molecule has 0 spiro atoms. The van der Waals surface area contributed by atoms with Crippen LogP contribution in [0, 0.1) is 25.2 Å². The minimum absolute atomic E-state index is 0.200. The second-order valence-electron chi connectivity index (χ2n) is 7.78. The summed E-state index contributed by atoms with van der Waals surface area (Å²) in [6.07, 6.45) is 5.04. The Bertz CT molecular complexity index is 1200. The zero-order valence-corrected chi connectivity index (χ0v) is 17.3. The second kappa shape index (κ2) is 7.49. The molecule has 0 unspecified atom stereocenters. The van der Waals surface area contributed by atoms with Crippen molar-refractivity contribution < 1.29 is 0 Å². The molecule has 0 atom stereocenters. The van der Waals surface area contributed by atoms with Gasteiger partial charge in [0, 0.05) is 18.1 Å². The molecular weight excluding hydrogens is 380 g/mol. The van der Waals surface area contributed by atoms with E-state index < -0.39 is 10.7 Å². The van der Waals surface area contributed by atoms with Gasteiger partial charge in [-0.25, -0.2) is 4.98 Å². The molecule has 1 aliphatic heterocycles. The molecule has 0 saturated heterocycles. The van der Waals surface area contributed by atoms with Crippen LogP contribution in [0.3, 0.4) is 0 Å². The predicted molar refractivity (Wildman–Crippen MR) is 124 cm³/mol. The first-order chi connectivity index (χ1) is 14.6. The van der Waals surface area contributed by atoms with Gasteiger partial charge in [-0.1, -0.05) is 0 Å². The number of nitrogens with zero attached hydrogens (tertiary/aromatic N) is 5. The molecule has 3 aromatic rings. The number of fused-ring (bicyclic) bond motifs is 1. The van der Waals surface area contributed by atoms with Crippen molar-refractivity contribution in [2.24, 2.45) is 0 Å². The highest BCUT2D eigenvalue weighted by atomic mass is 15.3. The molecular formula is C21H16B4N6. The summed E-state index contributed by atoms with van der Waals surface area (Å²) in [7, 11) is 26.1. The maximum atomic E-state index is 9.15. The van der Waals surface area contributed by atoms with Crippen LogP contribution in [0.5, 0.6) is 0 Å². The molecule has 4 heterocycles. The zero-order valence-electron chi connectivity index (χ0n) is 17.3. The summed E-state index contributed by atoms with van der Waals surface area (Å²) in [4.78, 5) is 14.7. The Morgan fingerprint density at radius 1 is 1.10 bits per heavy atom. The molecule has 31 heavy (non-hydrogen) atoms. The van der Waals surface area contributed by atoms with Crippen LogP contribution in [0.25, 0.3) is 0 Å². The SMILES string of the molecule is [B]C1([B])Cc2ncc(Nc3cccnc3C)cc2C([B])([B])N1c1ncc(C#N)cc1C. The molecule has 0 bridgehead atoms.